The molecule has 3 aromatic rings. The van der Waals surface area contributed by atoms with E-state index in [0.29, 0.717) is 10.0 Å². The van der Waals surface area contributed by atoms with E-state index in [1.54, 1.807) is 6.07 Å². The molecule has 0 atom stereocenters. The number of anilines is 3. The number of rotatable bonds is 4. The number of fused-ring (bicyclic) bond motifs is 3. The van der Waals surface area contributed by atoms with E-state index in [-0.39, 0.29) is 0 Å². The Morgan fingerprint density at radius 3 is 2.67 bits per heavy atom. The molecule has 0 amide bonds. The van der Waals surface area contributed by atoms with Crippen molar-refractivity contribution in [3.8, 4) is 0 Å². The number of nitrogens with zero attached hydrogens (tertiary/aromatic N) is 4. The summed E-state index contributed by atoms with van der Waals surface area (Å²) in [6.07, 6.45) is 5.23. The number of benzene rings is 2. The van der Waals surface area contributed by atoms with Crippen LogP contribution in [0.3, 0.4) is 0 Å². The first kappa shape index (κ1) is 18.2. The Balaban J connectivity index is 1.94. The Labute approximate surface area is 169 Å². The van der Waals surface area contributed by atoms with Gasteiger partial charge in [0.15, 0.2) is 0 Å². The summed E-state index contributed by atoms with van der Waals surface area (Å²) >= 11 is 12.6. The third kappa shape index (κ3) is 3.17. The summed E-state index contributed by atoms with van der Waals surface area (Å²) in [5.41, 5.74) is 4.23. The zero-order valence-electron chi connectivity index (χ0n) is 15.5. The van der Waals surface area contributed by atoms with Gasteiger partial charge in [-0.15, -0.1) is 0 Å². The number of para-hydroxylation sites is 1. The van der Waals surface area contributed by atoms with Crippen LogP contribution in [0, 0.1) is 0 Å². The molecule has 140 valence electrons. The molecular weight excluding hydrogens is 379 g/mol. The van der Waals surface area contributed by atoms with Crippen molar-refractivity contribution in [2.75, 3.05) is 29.4 Å². The molecule has 0 bridgehead atoms. The minimum absolute atomic E-state index is 0.631. The van der Waals surface area contributed by atoms with E-state index in [1.165, 1.54) is 5.69 Å². The lowest BCUT2D eigenvalue weighted by Crippen LogP contribution is -2.23. The summed E-state index contributed by atoms with van der Waals surface area (Å²) in [5, 5.41) is 1.26. The highest BCUT2D eigenvalue weighted by atomic mass is 35.5. The molecule has 0 saturated carbocycles. The molecule has 2 heterocycles. The Morgan fingerprint density at radius 2 is 1.93 bits per heavy atom. The van der Waals surface area contributed by atoms with E-state index in [1.807, 2.05) is 12.1 Å². The van der Waals surface area contributed by atoms with Gasteiger partial charge >= 0.3 is 0 Å². The second-order valence-electron chi connectivity index (χ2n) is 6.52. The topological polar surface area (TPSA) is 24.3 Å². The van der Waals surface area contributed by atoms with Crippen LogP contribution >= 0.6 is 23.2 Å². The third-order valence-electron chi connectivity index (χ3n) is 4.99. The average Bonchev–Trinajstić information content (AvgIpc) is 2.91. The van der Waals surface area contributed by atoms with Gasteiger partial charge in [-0.25, -0.2) is 4.98 Å². The zero-order valence-corrected chi connectivity index (χ0v) is 17.0. The molecule has 0 aliphatic carbocycles. The molecule has 0 N–H and O–H groups in total. The highest BCUT2D eigenvalue weighted by molar-refractivity contribution is 6.36. The fraction of sp³-hybridized carbons (Fsp3) is 0.286. The summed E-state index contributed by atoms with van der Waals surface area (Å²) in [6, 6.07) is 11.9. The predicted molar refractivity (Wildman–Crippen MR) is 117 cm³/mol. The predicted octanol–water partition coefficient (Wildman–Crippen LogP) is 6.20. The second-order valence-corrected chi connectivity index (χ2v) is 7.36. The Kier molecular flexibility index (Phi) is 5.02. The SMILES string of the molecule is CCN(CC)c1cccc2nc3n(c12)C=CCCN3c1ccc(Cl)cc1Cl. The highest BCUT2D eigenvalue weighted by Crippen LogP contribution is 2.38. The molecule has 0 saturated heterocycles. The number of aromatic nitrogens is 2. The van der Waals surface area contributed by atoms with Crippen molar-refractivity contribution in [3.63, 3.8) is 0 Å². The molecule has 1 aliphatic heterocycles. The molecule has 27 heavy (non-hydrogen) atoms. The molecule has 1 aliphatic rings. The van der Waals surface area contributed by atoms with Crippen LogP contribution in [-0.4, -0.2) is 29.2 Å². The summed E-state index contributed by atoms with van der Waals surface area (Å²) < 4.78 is 2.18. The van der Waals surface area contributed by atoms with Crippen LogP contribution in [0.2, 0.25) is 10.0 Å². The summed E-state index contributed by atoms with van der Waals surface area (Å²) in [5.74, 6) is 0.877. The van der Waals surface area contributed by atoms with Gasteiger partial charge in [0, 0.05) is 30.9 Å². The normalized spacial score (nSPS) is 13.7. The maximum atomic E-state index is 6.52. The molecule has 0 radical (unpaired) electrons. The van der Waals surface area contributed by atoms with Gasteiger partial charge in [0.25, 0.3) is 0 Å². The van der Waals surface area contributed by atoms with Crippen molar-refractivity contribution < 1.29 is 0 Å². The lowest BCUT2D eigenvalue weighted by molar-refractivity contribution is 0.867. The van der Waals surface area contributed by atoms with Crippen LogP contribution < -0.4 is 9.80 Å². The maximum Gasteiger partial charge on any atom is 0.215 e. The maximum absolute atomic E-state index is 6.52. The van der Waals surface area contributed by atoms with E-state index < -0.39 is 0 Å². The van der Waals surface area contributed by atoms with Crippen LogP contribution in [0.5, 0.6) is 0 Å². The van der Waals surface area contributed by atoms with E-state index >= 15 is 0 Å². The molecular formula is C21H22Cl2N4. The van der Waals surface area contributed by atoms with Crippen molar-refractivity contribution in [2.45, 2.75) is 20.3 Å². The van der Waals surface area contributed by atoms with Crippen molar-refractivity contribution in [1.82, 2.24) is 9.55 Å². The van der Waals surface area contributed by atoms with Gasteiger partial charge in [-0.05, 0) is 50.6 Å². The molecule has 2 aromatic carbocycles. The van der Waals surface area contributed by atoms with Gasteiger partial charge < -0.3 is 9.80 Å². The van der Waals surface area contributed by atoms with E-state index in [0.717, 1.165) is 48.7 Å². The Morgan fingerprint density at radius 1 is 1.11 bits per heavy atom. The van der Waals surface area contributed by atoms with E-state index in [4.69, 9.17) is 28.2 Å². The molecule has 4 rings (SSSR count). The first-order chi connectivity index (χ1) is 13.1. The van der Waals surface area contributed by atoms with Crippen LogP contribution in [0.15, 0.2) is 42.5 Å². The minimum atomic E-state index is 0.631. The first-order valence-electron chi connectivity index (χ1n) is 9.29. The quantitative estimate of drug-likeness (QED) is 0.520. The number of hydrogen-bond donors (Lipinski definition) is 0. The Hall–Kier alpha value is -2.17. The van der Waals surface area contributed by atoms with Gasteiger partial charge in [0.1, 0.15) is 0 Å². The lowest BCUT2D eigenvalue weighted by Gasteiger charge is -2.24. The highest BCUT2D eigenvalue weighted by Gasteiger charge is 2.23. The van der Waals surface area contributed by atoms with Crippen LogP contribution in [0.25, 0.3) is 17.2 Å². The Bertz CT molecular complexity index is 1000. The van der Waals surface area contributed by atoms with E-state index in [9.17, 15) is 0 Å². The van der Waals surface area contributed by atoms with Crippen molar-refractivity contribution >= 4 is 57.8 Å². The third-order valence-corrected chi connectivity index (χ3v) is 5.53. The van der Waals surface area contributed by atoms with Gasteiger partial charge in [0.2, 0.25) is 5.95 Å². The smallest absolute Gasteiger partial charge is 0.215 e. The van der Waals surface area contributed by atoms with Gasteiger partial charge in [-0.2, -0.15) is 0 Å². The standard InChI is InChI=1S/C21H22Cl2N4/c1-3-25(4-2)19-9-7-8-17-20(19)27-13-6-5-12-26(21(27)24-17)18-11-10-15(22)14-16(18)23/h6-11,13-14H,3-5,12H2,1-2H3. The largest absolute Gasteiger partial charge is 0.370 e. The molecule has 0 fully saturated rings. The lowest BCUT2D eigenvalue weighted by atomic mass is 10.2. The molecule has 6 heteroatoms. The summed E-state index contributed by atoms with van der Waals surface area (Å²) in [4.78, 5) is 9.49. The second kappa shape index (κ2) is 7.45. The van der Waals surface area contributed by atoms with Crippen LogP contribution in [0.1, 0.15) is 20.3 Å². The average molecular weight is 401 g/mol. The van der Waals surface area contributed by atoms with E-state index in [2.05, 4.69) is 58.7 Å². The molecule has 1 aromatic heterocycles. The fourth-order valence-corrected chi connectivity index (χ4v) is 4.19. The van der Waals surface area contributed by atoms with Crippen molar-refractivity contribution in [1.29, 1.82) is 0 Å². The zero-order chi connectivity index (χ0) is 19.0. The van der Waals surface area contributed by atoms with Crippen LogP contribution in [0.4, 0.5) is 17.3 Å². The fourth-order valence-electron chi connectivity index (χ4n) is 3.68. The van der Waals surface area contributed by atoms with Crippen molar-refractivity contribution in [2.24, 2.45) is 0 Å². The van der Waals surface area contributed by atoms with Crippen LogP contribution in [-0.2, 0) is 0 Å². The number of hydrogen-bond acceptors (Lipinski definition) is 3. The monoisotopic (exact) mass is 400 g/mol. The first-order valence-corrected chi connectivity index (χ1v) is 10.0. The number of imidazole rings is 1. The number of halogens is 2. The van der Waals surface area contributed by atoms with Crippen molar-refractivity contribution in [3.05, 3.63) is 52.5 Å². The summed E-state index contributed by atoms with van der Waals surface area (Å²) in [7, 11) is 0. The van der Waals surface area contributed by atoms with Gasteiger partial charge in [-0.3, -0.25) is 4.57 Å². The molecule has 0 spiro atoms. The van der Waals surface area contributed by atoms with Gasteiger partial charge in [-0.1, -0.05) is 35.3 Å². The molecule has 4 nitrogen and oxygen atoms in total. The minimum Gasteiger partial charge on any atom is -0.370 e. The molecule has 0 unspecified atom stereocenters. The summed E-state index contributed by atoms with van der Waals surface area (Å²) in [6.45, 7) is 7.07. The van der Waals surface area contributed by atoms with Gasteiger partial charge in [0.05, 0.1) is 27.4 Å².